The predicted octanol–water partition coefficient (Wildman–Crippen LogP) is 7.12. The summed E-state index contributed by atoms with van der Waals surface area (Å²) in [7, 11) is 0. The smallest absolute Gasteiger partial charge is 0.0845 e. The zero-order valence-corrected chi connectivity index (χ0v) is 17.7. The maximum Gasteiger partial charge on any atom is 0.0845 e. The van der Waals surface area contributed by atoms with Crippen LogP contribution >= 0.6 is 0 Å². The average molecular weight is 338 g/mol. The van der Waals surface area contributed by atoms with E-state index in [1.807, 2.05) is 71.2 Å². The number of benzene rings is 1. The lowest BCUT2D eigenvalue weighted by Gasteiger charge is -1.86. The first-order valence-corrected chi connectivity index (χ1v) is 9.23. The van der Waals surface area contributed by atoms with E-state index in [0.717, 1.165) is 13.2 Å². The first kappa shape index (κ1) is 30.2. The van der Waals surface area contributed by atoms with Crippen molar-refractivity contribution in [2.75, 3.05) is 13.2 Å². The van der Waals surface area contributed by atoms with Crippen LogP contribution in [0.5, 0.6) is 0 Å². The van der Waals surface area contributed by atoms with Crippen LogP contribution in [0.15, 0.2) is 54.9 Å². The second kappa shape index (κ2) is 37.5. The largest absolute Gasteiger partial charge is 0.502 e. The molecule has 0 amide bonds. The van der Waals surface area contributed by atoms with Gasteiger partial charge < -0.3 is 10.1 Å². The Morgan fingerprint density at radius 3 is 1.58 bits per heavy atom. The average Bonchev–Trinajstić information content (AvgIpc) is 2.62. The van der Waals surface area contributed by atoms with Crippen molar-refractivity contribution in [3.8, 4) is 0 Å². The lowest BCUT2D eigenvalue weighted by molar-refractivity contribution is 0.269. The maximum absolute atomic E-state index is 4.80. The number of allylic oxidation sites excluding steroid dienone is 2. The first-order valence-electron chi connectivity index (χ1n) is 9.23. The highest BCUT2D eigenvalue weighted by Crippen LogP contribution is 1.92. The van der Waals surface area contributed by atoms with E-state index in [2.05, 4.69) is 45.1 Å². The molecule has 0 unspecified atom stereocenters. The van der Waals surface area contributed by atoms with Gasteiger partial charge >= 0.3 is 0 Å². The summed E-state index contributed by atoms with van der Waals surface area (Å²) < 4.78 is 4.80. The number of rotatable bonds is 4. The van der Waals surface area contributed by atoms with Crippen LogP contribution in [0.25, 0.3) is 0 Å². The summed E-state index contributed by atoms with van der Waals surface area (Å²) in [4.78, 5) is 0. The molecule has 142 valence electrons. The Balaban J connectivity index is -0.000000111. The van der Waals surface area contributed by atoms with Gasteiger partial charge in [0.1, 0.15) is 0 Å². The van der Waals surface area contributed by atoms with E-state index < -0.39 is 0 Å². The zero-order chi connectivity index (χ0) is 19.5. The monoisotopic (exact) mass is 337 g/mol. The van der Waals surface area contributed by atoms with Gasteiger partial charge in [0.2, 0.25) is 0 Å². The van der Waals surface area contributed by atoms with Crippen molar-refractivity contribution in [3.63, 3.8) is 0 Å². The molecule has 1 N–H and O–H groups in total. The van der Waals surface area contributed by atoms with Crippen LogP contribution in [0.4, 0.5) is 0 Å². The number of hydrogen-bond donors (Lipinski definition) is 1. The van der Waals surface area contributed by atoms with E-state index in [9.17, 15) is 0 Å². The van der Waals surface area contributed by atoms with Gasteiger partial charge in [0.25, 0.3) is 0 Å². The predicted molar refractivity (Wildman–Crippen MR) is 113 cm³/mol. The van der Waals surface area contributed by atoms with Gasteiger partial charge in [-0.1, -0.05) is 82.2 Å². The van der Waals surface area contributed by atoms with Gasteiger partial charge in [0.05, 0.1) is 12.9 Å². The second-order valence-electron chi connectivity index (χ2n) is 4.34. The van der Waals surface area contributed by atoms with Crippen LogP contribution in [0.2, 0.25) is 0 Å². The normalized spacial score (nSPS) is 8.38. The molecule has 2 heteroatoms. The third-order valence-electron chi connectivity index (χ3n) is 1.83. The molecule has 24 heavy (non-hydrogen) atoms. The summed E-state index contributed by atoms with van der Waals surface area (Å²) in [6, 6.07) is 10.3. The number of hydrogen-bond acceptors (Lipinski definition) is 2. The molecule has 1 aromatic rings. The van der Waals surface area contributed by atoms with Gasteiger partial charge in [0, 0.05) is 6.54 Å². The first-order chi connectivity index (χ1) is 11.6. The molecule has 1 aromatic carbocycles. The molecule has 0 atom stereocenters. The van der Waals surface area contributed by atoms with Crippen LogP contribution < -0.4 is 5.32 Å². The van der Waals surface area contributed by atoms with Crippen LogP contribution in [-0.4, -0.2) is 13.2 Å². The minimum absolute atomic E-state index is 0.768. The molecule has 0 saturated heterocycles. The van der Waals surface area contributed by atoms with Crippen LogP contribution in [0.1, 0.15) is 67.4 Å². The summed E-state index contributed by atoms with van der Waals surface area (Å²) in [6.45, 7) is 20.1. The summed E-state index contributed by atoms with van der Waals surface area (Å²) in [5, 5.41) is 3.02. The lowest BCUT2D eigenvalue weighted by Crippen LogP contribution is -2.00. The van der Waals surface area contributed by atoms with Crippen molar-refractivity contribution in [2.24, 2.45) is 0 Å². The van der Waals surface area contributed by atoms with E-state index in [0.29, 0.717) is 0 Å². The Labute approximate surface area is 153 Å². The molecule has 0 aromatic heterocycles. The van der Waals surface area contributed by atoms with Crippen molar-refractivity contribution >= 4 is 0 Å². The molecule has 2 nitrogen and oxygen atoms in total. The van der Waals surface area contributed by atoms with Gasteiger partial charge in [-0.25, -0.2) is 0 Å². The number of nitrogens with one attached hydrogen (secondary N) is 1. The van der Waals surface area contributed by atoms with Gasteiger partial charge in [-0.05, 0) is 40.8 Å². The van der Waals surface area contributed by atoms with E-state index in [1.165, 1.54) is 12.0 Å². The highest BCUT2D eigenvalue weighted by molar-refractivity contribution is 5.11. The summed E-state index contributed by atoms with van der Waals surface area (Å²) in [5.74, 6) is 0. The summed E-state index contributed by atoms with van der Waals surface area (Å²) in [5.41, 5.74) is 1.32. The molecule has 0 fully saturated rings. The number of ether oxygens (including phenoxy) is 1. The molecule has 0 aliphatic carbocycles. The van der Waals surface area contributed by atoms with Crippen LogP contribution in [0, 0.1) is 6.92 Å². The quantitative estimate of drug-likeness (QED) is 0.590. The topological polar surface area (TPSA) is 21.3 Å². The van der Waals surface area contributed by atoms with E-state index in [4.69, 9.17) is 4.74 Å². The molecule has 0 saturated carbocycles. The molecular formula is C22H43NO. The fourth-order valence-corrected chi connectivity index (χ4v) is 0.963. The Kier molecular flexibility index (Phi) is 47.2. The molecule has 0 aliphatic heterocycles. The summed E-state index contributed by atoms with van der Waals surface area (Å²) in [6.07, 6.45) is 8.70. The van der Waals surface area contributed by atoms with Gasteiger partial charge in [-0.2, -0.15) is 0 Å². The Hall–Kier alpha value is -1.70. The second-order valence-corrected chi connectivity index (χ2v) is 4.34. The molecule has 0 spiro atoms. The molecule has 0 radical (unpaired) electrons. The fraction of sp³-hybridized carbons (Fsp3) is 0.545. The van der Waals surface area contributed by atoms with Crippen molar-refractivity contribution in [3.05, 3.63) is 60.5 Å². The Bertz CT molecular complexity index is 304. The minimum atomic E-state index is 0.768. The van der Waals surface area contributed by atoms with Gasteiger partial charge in [0.15, 0.2) is 0 Å². The van der Waals surface area contributed by atoms with Gasteiger partial charge in [-0.15, -0.1) is 0 Å². The Morgan fingerprint density at radius 2 is 1.42 bits per heavy atom. The highest BCUT2D eigenvalue weighted by Gasteiger charge is 1.72. The minimum Gasteiger partial charge on any atom is -0.502 e. The molecule has 0 bridgehead atoms. The molecule has 1 rings (SSSR count). The SMILES string of the molecule is CC.CC=CNCC.CC=COCC.CCC.Cc1ccccc1. The maximum atomic E-state index is 4.80. The Morgan fingerprint density at radius 1 is 0.917 bits per heavy atom. The van der Waals surface area contributed by atoms with E-state index in [-0.39, 0.29) is 0 Å². The third kappa shape index (κ3) is 50.0. The molecule has 0 aliphatic rings. The summed E-state index contributed by atoms with van der Waals surface area (Å²) >= 11 is 0. The van der Waals surface area contributed by atoms with Crippen molar-refractivity contribution in [1.29, 1.82) is 0 Å². The van der Waals surface area contributed by atoms with E-state index in [1.54, 1.807) is 6.26 Å². The molecule has 0 heterocycles. The van der Waals surface area contributed by atoms with Crippen molar-refractivity contribution in [1.82, 2.24) is 5.32 Å². The van der Waals surface area contributed by atoms with Gasteiger partial charge in [-0.3, -0.25) is 0 Å². The molecular weight excluding hydrogens is 294 g/mol. The standard InChI is InChI=1S/C7H8.C5H11N.C5H10O.C3H8.C2H6/c1-7-5-3-2-4-6-7;2*1-3-5-6-4-2;1-3-2;1-2/h2-6H,1H3;3,5-6H,4H2,1-2H3;3,5H,4H2,1-2H3;3H2,1-2H3;1-2H3. The number of aryl methyl sites for hydroxylation is 1. The van der Waals surface area contributed by atoms with Crippen LogP contribution in [-0.2, 0) is 4.74 Å². The highest BCUT2D eigenvalue weighted by atomic mass is 16.5. The van der Waals surface area contributed by atoms with Crippen molar-refractivity contribution < 1.29 is 4.74 Å². The third-order valence-corrected chi connectivity index (χ3v) is 1.83. The van der Waals surface area contributed by atoms with Crippen LogP contribution in [0.3, 0.4) is 0 Å². The lowest BCUT2D eigenvalue weighted by atomic mass is 10.2. The van der Waals surface area contributed by atoms with Crippen molar-refractivity contribution in [2.45, 2.75) is 68.7 Å². The fourth-order valence-electron chi connectivity index (χ4n) is 0.963. The zero-order valence-electron chi connectivity index (χ0n) is 17.7. The van der Waals surface area contributed by atoms with E-state index >= 15 is 0 Å².